The van der Waals surface area contributed by atoms with Crippen LogP contribution in [0, 0.1) is 12.1 Å². The van der Waals surface area contributed by atoms with Gasteiger partial charge in [0.25, 0.3) is 0 Å². The number of rotatable bonds is 5. The van der Waals surface area contributed by atoms with Crippen LogP contribution in [0.3, 0.4) is 0 Å². The summed E-state index contributed by atoms with van der Waals surface area (Å²) in [5.74, 6) is 0.475. The van der Waals surface area contributed by atoms with Gasteiger partial charge in [0.15, 0.2) is 0 Å². The summed E-state index contributed by atoms with van der Waals surface area (Å²) >= 11 is 1.86. The van der Waals surface area contributed by atoms with E-state index in [9.17, 15) is 0 Å². The normalized spacial score (nSPS) is 11.9. The molecular formula is C45H44IrN2SSi2-2. The Bertz CT molecular complexity index is 2470. The van der Waals surface area contributed by atoms with E-state index in [0.717, 1.165) is 22.5 Å². The Morgan fingerprint density at radius 1 is 0.608 bits per heavy atom. The smallest absolute Gasteiger partial charge is 0.0795 e. The molecule has 0 saturated heterocycles. The third-order valence-electron chi connectivity index (χ3n) is 9.57. The summed E-state index contributed by atoms with van der Waals surface area (Å²) in [6.45, 7) is 18.7. The van der Waals surface area contributed by atoms with Crippen LogP contribution < -0.4 is 10.4 Å². The van der Waals surface area contributed by atoms with Crippen molar-refractivity contribution in [3.8, 4) is 22.5 Å². The van der Waals surface area contributed by atoms with Crippen LogP contribution in [0.5, 0.6) is 0 Å². The van der Waals surface area contributed by atoms with Crippen LogP contribution in [0.1, 0.15) is 25.3 Å². The molecule has 0 fully saturated rings. The maximum Gasteiger partial charge on any atom is 0.0795 e. The molecule has 6 heteroatoms. The summed E-state index contributed by atoms with van der Waals surface area (Å²) in [5, 5.41) is 10.8. The number of benzene rings is 5. The minimum atomic E-state index is -1.34. The van der Waals surface area contributed by atoms with Crippen LogP contribution in [-0.2, 0) is 20.1 Å². The molecular weight excluding hydrogens is 849 g/mol. The quantitative estimate of drug-likeness (QED) is 0.0977. The molecule has 0 saturated carbocycles. The Balaban J connectivity index is 0.000000222. The van der Waals surface area contributed by atoms with Gasteiger partial charge in [-0.3, -0.25) is 0 Å². The third kappa shape index (κ3) is 7.72. The van der Waals surface area contributed by atoms with Crippen molar-refractivity contribution in [2.75, 3.05) is 0 Å². The minimum absolute atomic E-state index is 0. The molecule has 8 rings (SSSR count). The SMILES string of the molecule is CC(C)c1ccnc(-c2[c-]ccc3c2sc2cc4c(ccc5cc([Si](C)(C)C)ccc54)cc23)c1.C[Si](C)(C)c1ccc(-c2[c-]cccc2)nc1.[Ir]. The molecule has 0 aliphatic heterocycles. The molecule has 3 aromatic heterocycles. The predicted molar refractivity (Wildman–Crippen MR) is 225 cm³/mol. The Morgan fingerprint density at radius 3 is 2.02 bits per heavy atom. The zero-order chi connectivity index (χ0) is 35.2. The van der Waals surface area contributed by atoms with Gasteiger partial charge in [0, 0.05) is 37.2 Å². The molecule has 0 spiro atoms. The Morgan fingerprint density at radius 2 is 1.35 bits per heavy atom. The monoisotopic (exact) mass is 893 g/mol. The first-order valence-corrected chi connectivity index (χ1v) is 25.3. The molecule has 0 aliphatic rings. The molecule has 0 atom stereocenters. The van der Waals surface area contributed by atoms with E-state index in [0.29, 0.717) is 5.92 Å². The predicted octanol–water partition coefficient (Wildman–Crippen LogP) is 12.0. The van der Waals surface area contributed by atoms with E-state index < -0.39 is 16.1 Å². The maximum atomic E-state index is 4.72. The summed E-state index contributed by atoms with van der Waals surface area (Å²) in [6.07, 6.45) is 3.95. The first kappa shape index (κ1) is 37.0. The van der Waals surface area contributed by atoms with Crippen molar-refractivity contribution in [2.45, 2.75) is 59.0 Å². The fourth-order valence-electron chi connectivity index (χ4n) is 6.45. The van der Waals surface area contributed by atoms with Gasteiger partial charge < -0.3 is 9.97 Å². The molecule has 5 aromatic carbocycles. The number of hydrogen-bond acceptors (Lipinski definition) is 3. The molecule has 259 valence electrons. The Kier molecular flexibility index (Phi) is 10.7. The van der Waals surface area contributed by atoms with E-state index in [-0.39, 0.29) is 20.1 Å². The van der Waals surface area contributed by atoms with Crippen molar-refractivity contribution in [1.29, 1.82) is 0 Å². The molecule has 8 aromatic rings. The number of aromatic nitrogens is 2. The van der Waals surface area contributed by atoms with Gasteiger partial charge in [0.05, 0.1) is 16.1 Å². The Hall–Kier alpha value is -3.78. The molecule has 0 aliphatic carbocycles. The van der Waals surface area contributed by atoms with E-state index in [1.165, 1.54) is 57.7 Å². The van der Waals surface area contributed by atoms with Gasteiger partial charge >= 0.3 is 0 Å². The van der Waals surface area contributed by atoms with Crippen LogP contribution >= 0.6 is 11.3 Å². The molecule has 3 heterocycles. The van der Waals surface area contributed by atoms with Gasteiger partial charge in [-0.05, 0) is 72.3 Å². The van der Waals surface area contributed by atoms with Gasteiger partial charge in [-0.15, -0.1) is 59.7 Å². The minimum Gasteiger partial charge on any atom is -0.305 e. The van der Waals surface area contributed by atoms with Crippen molar-refractivity contribution in [3.63, 3.8) is 0 Å². The van der Waals surface area contributed by atoms with Crippen molar-refractivity contribution in [1.82, 2.24) is 9.97 Å². The van der Waals surface area contributed by atoms with Crippen LogP contribution in [-0.4, -0.2) is 26.1 Å². The zero-order valence-electron chi connectivity index (χ0n) is 30.7. The molecule has 2 nitrogen and oxygen atoms in total. The topological polar surface area (TPSA) is 25.8 Å². The number of hydrogen-bond donors (Lipinski definition) is 0. The zero-order valence-corrected chi connectivity index (χ0v) is 35.9. The van der Waals surface area contributed by atoms with E-state index >= 15 is 0 Å². The second-order valence-corrected chi connectivity index (χ2v) is 26.8. The summed E-state index contributed by atoms with van der Waals surface area (Å²) in [7, 11) is -2.57. The molecule has 0 bridgehead atoms. The average molecular weight is 893 g/mol. The van der Waals surface area contributed by atoms with Crippen LogP contribution in [0.2, 0.25) is 39.3 Å². The third-order valence-corrected chi connectivity index (χ3v) is 14.8. The fraction of sp³-hybridized carbons (Fsp3) is 0.200. The van der Waals surface area contributed by atoms with Crippen molar-refractivity contribution in [2.24, 2.45) is 0 Å². The van der Waals surface area contributed by atoms with Crippen molar-refractivity contribution in [3.05, 3.63) is 133 Å². The van der Waals surface area contributed by atoms with Gasteiger partial charge in [0.2, 0.25) is 0 Å². The summed E-state index contributed by atoms with van der Waals surface area (Å²) < 4.78 is 2.59. The van der Waals surface area contributed by atoms with E-state index in [2.05, 4.69) is 149 Å². The standard InChI is InChI=1S/C31H28NSSi.C14H16NSi.Ir/c1-19(2)20-13-14-32-29(17-20)26-8-6-7-25-28-16-22-10-9-21-15-23(34(3,4)5)11-12-24(21)27(22)18-30(28)33-31(25)26;1-16(2,3)13-9-10-14(15-11-13)12-7-5-4-6-8-12;/h6-7,9-19H,1-5H3;4-7,9-11H,1-3H3;/q2*-1;. The fourth-order valence-corrected chi connectivity index (χ4v) is 9.89. The molecule has 51 heavy (non-hydrogen) atoms. The van der Waals surface area contributed by atoms with Gasteiger partial charge in [-0.25, -0.2) is 0 Å². The average Bonchev–Trinajstić information content (AvgIpc) is 3.48. The first-order chi connectivity index (χ1) is 23.9. The largest absolute Gasteiger partial charge is 0.305 e. The Labute approximate surface area is 322 Å². The van der Waals surface area contributed by atoms with Crippen LogP contribution in [0.25, 0.3) is 64.2 Å². The van der Waals surface area contributed by atoms with Crippen molar-refractivity contribution < 1.29 is 20.1 Å². The molecule has 0 unspecified atom stereocenters. The second kappa shape index (κ2) is 14.7. The summed E-state index contributed by atoms with van der Waals surface area (Å²) in [6, 6.07) is 44.0. The van der Waals surface area contributed by atoms with E-state index in [1.54, 1.807) is 0 Å². The number of fused-ring (bicyclic) bond motifs is 6. The van der Waals surface area contributed by atoms with E-state index in [1.807, 2.05) is 48.0 Å². The summed E-state index contributed by atoms with van der Waals surface area (Å²) in [5.41, 5.74) is 5.49. The van der Waals surface area contributed by atoms with Crippen molar-refractivity contribution >= 4 is 79.6 Å². The molecule has 0 amide bonds. The number of pyridine rings is 2. The number of thiophene rings is 1. The van der Waals surface area contributed by atoms with Gasteiger partial charge in [-0.2, -0.15) is 11.3 Å². The first-order valence-electron chi connectivity index (χ1n) is 17.5. The molecule has 1 radical (unpaired) electrons. The van der Waals surface area contributed by atoms with Gasteiger partial charge in [-0.1, -0.05) is 118 Å². The van der Waals surface area contributed by atoms with Crippen LogP contribution in [0.4, 0.5) is 0 Å². The van der Waals surface area contributed by atoms with E-state index in [4.69, 9.17) is 4.98 Å². The van der Waals surface area contributed by atoms with Crippen LogP contribution in [0.15, 0.2) is 116 Å². The maximum absolute atomic E-state index is 4.72. The second-order valence-electron chi connectivity index (χ2n) is 15.6. The molecule has 0 N–H and O–H groups in total. The number of nitrogens with zero attached hydrogens (tertiary/aromatic N) is 2. The van der Waals surface area contributed by atoms with Gasteiger partial charge in [0.1, 0.15) is 0 Å². The summed E-state index contributed by atoms with van der Waals surface area (Å²) in [4.78, 5) is 9.23.